The van der Waals surface area contributed by atoms with Crippen LogP contribution in [0.4, 0.5) is 0 Å². The summed E-state index contributed by atoms with van der Waals surface area (Å²) < 4.78 is 25.6. The minimum Gasteiger partial charge on any atom is -0.348 e. The maximum Gasteiger partial charge on any atom is 0.238 e. The molecule has 0 unspecified atom stereocenters. The van der Waals surface area contributed by atoms with E-state index in [4.69, 9.17) is 5.14 Å². The summed E-state index contributed by atoms with van der Waals surface area (Å²) in [6, 6.07) is 13.1. The topological polar surface area (TPSA) is 107 Å². The molecule has 33 heavy (non-hydrogen) atoms. The van der Waals surface area contributed by atoms with Crippen LogP contribution in [-0.2, 0) is 27.8 Å². The van der Waals surface area contributed by atoms with Gasteiger partial charge in [-0.15, -0.1) is 0 Å². The second-order valence-corrected chi connectivity index (χ2v) is 11.4. The first-order valence-corrected chi connectivity index (χ1v) is 13.8. The number of imidazole rings is 1. The van der Waals surface area contributed by atoms with Gasteiger partial charge in [-0.1, -0.05) is 49.4 Å². The molecular formula is C24H30N4O3S2. The monoisotopic (exact) mass is 486 g/mol. The van der Waals surface area contributed by atoms with E-state index in [9.17, 15) is 13.2 Å². The maximum absolute atomic E-state index is 13.1. The number of fused-ring (bicyclic) bond motifs is 2. The van der Waals surface area contributed by atoms with Crippen LogP contribution in [-0.4, -0.2) is 29.1 Å². The fourth-order valence-electron chi connectivity index (χ4n) is 4.29. The Morgan fingerprint density at radius 1 is 1.30 bits per heavy atom. The number of hydrogen-bond donors (Lipinski definition) is 2. The molecule has 4 rings (SSSR count). The molecule has 0 aliphatic heterocycles. The molecule has 2 atom stereocenters. The SMILES string of the molecule is CCCCn1c(S[C@@H](C)C(=O)N[C@@H]2CCCc3ccccc32)nc2cc(S(N)(=O)=O)ccc21. The number of carbonyl (C=O) groups excluding carboxylic acids is 1. The second kappa shape index (κ2) is 9.87. The highest BCUT2D eigenvalue weighted by Gasteiger charge is 2.25. The summed E-state index contributed by atoms with van der Waals surface area (Å²) in [5.41, 5.74) is 3.92. The lowest BCUT2D eigenvalue weighted by Crippen LogP contribution is -2.36. The van der Waals surface area contributed by atoms with Crippen LogP contribution in [0.1, 0.15) is 56.7 Å². The normalized spacial score (nSPS) is 17.0. The molecule has 1 heterocycles. The van der Waals surface area contributed by atoms with E-state index >= 15 is 0 Å². The van der Waals surface area contributed by atoms with Gasteiger partial charge in [0.05, 0.1) is 27.2 Å². The van der Waals surface area contributed by atoms with Crippen LogP contribution in [0.2, 0.25) is 0 Å². The van der Waals surface area contributed by atoms with Crippen LogP contribution in [0.25, 0.3) is 11.0 Å². The molecule has 0 spiro atoms. The molecule has 1 aliphatic carbocycles. The third-order valence-electron chi connectivity index (χ3n) is 6.09. The van der Waals surface area contributed by atoms with Gasteiger partial charge in [-0.05, 0) is 61.9 Å². The van der Waals surface area contributed by atoms with Crippen molar-refractivity contribution in [3.05, 3.63) is 53.6 Å². The number of nitrogens with two attached hydrogens (primary N) is 1. The highest BCUT2D eigenvalue weighted by atomic mass is 32.2. The number of rotatable bonds is 8. The molecule has 3 N–H and O–H groups in total. The van der Waals surface area contributed by atoms with Gasteiger partial charge in [-0.2, -0.15) is 0 Å². The Balaban J connectivity index is 1.56. The number of sulfonamides is 1. The second-order valence-electron chi connectivity index (χ2n) is 8.51. The van der Waals surface area contributed by atoms with E-state index in [1.807, 2.05) is 19.1 Å². The fraction of sp³-hybridized carbons (Fsp3) is 0.417. The number of amides is 1. The largest absolute Gasteiger partial charge is 0.348 e. The van der Waals surface area contributed by atoms with Crippen molar-refractivity contribution in [1.29, 1.82) is 0 Å². The molecule has 7 nitrogen and oxygen atoms in total. The van der Waals surface area contributed by atoms with Crippen molar-refractivity contribution in [2.45, 2.75) is 73.8 Å². The predicted octanol–water partition coefficient (Wildman–Crippen LogP) is 4.16. The van der Waals surface area contributed by atoms with Crippen LogP contribution in [0.15, 0.2) is 52.5 Å². The van der Waals surface area contributed by atoms with Gasteiger partial charge in [0.1, 0.15) is 0 Å². The Morgan fingerprint density at radius 3 is 2.85 bits per heavy atom. The number of benzene rings is 2. The summed E-state index contributed by atoms with van der Waals surface area (Å²) in [4.78, 5) is 17.8. The van der Waals surface area contributed by atoms with Crippen molar-refractivity contribution in [2.24, 2.45) is 5.14 Å². The average molecular weight is 487 g/mol. The summed E-state index contributed by atoms with van der Waals surface area (Å²) in [6.07, 6.45) is 5.01. The van der Waals surface area contributed by atoms with Crippen LogP contribution >= 0.6 is 11.8 Å². The van der Waals surface area contributed by atoms with E-state index in [0.717, 1.165) is 44.2 Å². The molecule has 2 aromatic carbocycles. The number of primary sulfonamides is 1. The highest BCUT2D eigenvalue weighted by Crippen LogP contribution is 2.32. The lowest BCUT2D eigenvalue weighted by atomic mass is 9.88. The van der Waals surface area contributed by atoms with Crippen LogP contribution in [0, 0.1) is 0 Å². The first-order valence-electron chi connectivity index (χ1n) is 11.4. The lowest BCUT2D eigenvalue weighted by molar-refractivity contribution is -0.121. The molecule has 1 aliphatic rings. The van der Waals surface area contributed by atoms with Gasteiger partial charge in [0.15, 0.2) is 5.16 Å². The number of thioether (sulfide) groups is 1. The molecule has 1 amide bonds. The highest BCUT2D eigenvalue weighted by molar-refractivity contribution is 8.00. The van der Waals surface area contributed by atoms with Crippen LogP contribution < -0.4 is 10.5 Å². The summed E-state index contributed by atoms with van der Waals surface area (Å²) in [7, 11) is -3.81. The third-order valence-corrected chi connectivity index (χ3v) is 8.09. The first-order chi connectivity index (χ1) is 15.8. The van der Waals surface area contributed by atoms with Gasteiger partial charge in [-0.3, -0.25) is 4.79 Å². The van der Waals surface area contributed by atoms with Crippen molar-refractivity contribution >= 4 is 38.7 Å². The molecule has 9 heteroatoms. The Labute approximate surface area is 199 Å². The standard InChI is InChI=1S/C24H30N4O3S2/c1-3-4-14-28-22-13-12-18(33(25,30)31)15-21(22)27-24(28)32-16(2)23(29)26-20-11-7-9-17-8-5-6-10-19(17)20/h5-6,8,10,12-13,15-16,20H,3-4,7,9,11,14H2,1-2H3,(H,26,29)(H2,25,30,31)/t16-,20+/m0/s1. The van der Waals surface area contributed by atoms with E-state index in [2.05, 4.69) is 33.9 Å². The quantitative estimate of drug-likeness (QED) is 0.465. The molecule has 176 valence electrons. The number of aromatic nitrogens is 2. The molecule has 0 saturated carbocycles. The fourth-order valence-corrected chi connectivity index (χ4v) is 5.78. The minimum atomic E-state index is -3.81. The van der Waals surface area contributed by atoms with Crippen molar-refractivity contribution < 1.29 is 13.2 Å². The number of nitrogens with one attached hydrogen (secondary N) is 1. The summed E-state index contributed by atoms with van der Waals surface area (Å²) >= 11 is 1.40. The number of aryl methyl sites for hydroxylation is 2. The molecule has 0 fully saturated rings. The molecule has 1 aromatic heterocycles. The smallest absolute Gasteiger partial charge is 0.238 e. The number of unbranched alkanes of at least 4 members (excludes halogenated alkanes) is 1. The molecule has 0 saturated heterocycles. The van der Waals surface area contributed by atoms with Gasteiger partial charge >= 0.3 is 0 Å². The van der Waals surface area contributed by atoms with Crippen molar-refractivity contribution in [3.63, 3.8) is 0 Å². The molecule has 0 radical (unpaired) electrons. The minimum absolute atomic E-state index is 0.0268. The van der Waals surface area contributed by atoms with Gasteiger partial charge in [-0.25, -0.2) is 18.5 Å². The third kappa shape index (κ3) is 5.26. The maximum atomic E-state index is 13.1. The van der Waals surface area contributed by atoms with Crippen LogP contribution in [0.5, 0.6) is 0 Å². The van der Waals surface area contributed by atoms with E-state index in [-0.39, 0.29) is 22.1 Å². The van der Waals surface area contributed by atoms with E-state index in [1.165, 1.54) is 35.0 Å². The van der Waals surface area contributed by atoms with Crippen molar-refractivity contribution in [1.82, 2.24) is 14.9 Å². The van der Waals surface area contributed by atoms with Gasteiger partial charge in [0.2, 0.25) is 15.9 Å². The zero-order chi connectivity index (χ0) is 23.6. The van der Waals surface area contributed by atoms with Gasteiger partial charge in [0.25, 0.3) is 0 Å². The van der Waals surface area contributed by atoms with Gasteiger partial charge < -0.3 is 9.88 Å². The number of nitrogens with zero attached hydrogens (tertiary/aromatic N) is 2. The Hall–Kier alpha value is -2.36. The Kier molecular flexibility index (Phi) is 7.11. The predicted molar refractivity (Wildman–Crippen MR) is 132 cm³/mol. The summed E-state index contributed by atoms with van der Waals surface area (Å²) in [5.74, 6) is -0.0268. The van der Waals surface area contributed by atoms with E-state index in [1.54, 1.807) is 6.07 Å². The summed E-state index contributed by atoms with van der Waals surface area (Å²) in [5, 5.41) is 8.88. The number of hydrogen-bond acceptors (Lipinski definition) is 5. The van der Waals surface area contributed by atoms with Crippen molar-refractivity contribution in [3.8, 4) is 0 Å². The lowest BCUT2D eigenvalue weighted by Gasteiger charge is -2.27. The number of carbonyl (C=O) groups is 1. The first kappa shape index (κ1) is 23.8. The molecule has 0 bridgehead atoms. The molecular weight excluding hydrogens is 456 g/mol. The molecule has 3 aromatic rings. The Morgan fingerprint density at radius 2 is 2.09 bits per heavy atom. The Bertz CT molecular complexity index is 1270. The average Bonchev–Trinajstić information content (AvgIpc) is 3.13. The zero-order valence-corrected chi connectivity index (χ0v) is 20.6. The van der Waals surface area contributed by atoms with E-state index in [0.29, 0.717) is 10.7 Å². The van der Waals surface area contributed by atoms with Crippen molar-refractivity contribution in [2.75, 3.05) is 0 Å². The van der Waals surface area contributed by atoms with Gasteiger partial charge in [0, 0.05) is 6.54 Å². The summed E-state index contributed by atoms with van der Waals surface area (Å²) in [6.45, 7) is 4.74. The van der Waals surface area contributed by atoms with E-state index < -0.39 is 10.0 Å². The van der Waals surface area contributed by atoms with Crippen LogP contribution in [0.3, 0.4) is 0 Å². The zero-order valence-electron chi connectivity index (χ0n) is 19.0.